The molecule has 1 aromatic heterocycles. The second-order valence-corrected chi connectivity index (χ2v) is 15.2. The molecule has 2 aliphatic rings. The summed E-state index contributed by atoms with van der Waals surface area (Å²) in [5.41, 5.74) is 21.1. The average molecular weight is 698 g/mol. The molecule has 1 unspecified atom stereocenters. The van der Waals surface area contributed by atoms with Crippen molar-refractivity contribution in [1.29, 1.82) is 0 Å². The maximum Gasteiger partial charge on any atom is 0.0541 e. The van der Waals surface area contributed by atoms with Crippen molar-refractivity contribution >= 4 is 32.6 Å². The minimum atomic E-state index is 0.252. The number of fused-ring (bicyclic) bond motifs is 10. The van der Waals surface area contributed by atoms with Gasteiger partial charge in [-0.2, -0.15) is 0 Å². The van der Waals surface area contributed by atoms with Crippen LogP contribution in [-0.4, -0.2) is 4.57 Å². The molecule has 0 aliphatic heterocycles. The maximum absolute atomic E-state index is 2.48. The quantitative estimate of drug-likeness (QED) is 0.173. The zero-order valence-corrected chi connectivity index (χ0v) is 30.2. The van der Waals surface area contributed by atoms with Crippen LogP contribution in [0.1, 0.15) is 33.7 Å². The van der Waals surface area contributed by atoms with Gasteiger partial charge in [-0.3, -0.25) is 0 Å². The van der Waals surface area contributed by atoms with Crippen LogP contribution < -0.4 is 0 Å². The summed E-state index contributed by atoms with van der Waals surface area (Å²) in [5.74, 6) is 0.252. The van der Waals surface area contributed by atoms with Gasteiger partial charge < -0.3 is 4.57 Å². The highest BCUT2D eigenvalue weighted by atomic mass is 15.0. The number of rotatable bonds is 4. The maximum atomic E-state index is 2.48. The Kier molecular flexibility index (Phi) is 6.53. The lowest BCUT2D eigenvalue weighted by molar-refractivity contribution is 1.02. The lowest BCUT2D eigenvalue weighted by atomic mass is 9.89. The van der Waals surface area contributed by atoms with Gasteiger partial charge in [-0.15, -0.1) is 0 Å². The third-order valence-electron chi connectivity index (χ3n) is 12.3. The van der Waals surface area contributed by atoms with Crippen LogP contribution in [0, 0.1) is 0 Å². The first-order chi connectivity index (χ1) is 27.3. The number of benzene rings is 9. The highest BCUT2D eigenvalue weighted by Gasteiger charge is 2.30. The van der Waals surface area contributed by atoms with E-state index >= 15 is 0 Å². The summed E-state index contributed by atoms with van der Waals surface area (Å²) in [6.07, 6.45) is 0.992. The van der Waals surface area contributed by atoms with E-state index in [0.29, 0.717) is 0 Å². The molecular formula is C54H35N. The predicted octanol–water partition coefficient (Wildman–Crippen LogP) is 14.0. The van der Waals surface area contributed by atoms with Crippen molar-refractivity contribution in [2.24, 2.45) is 0 Å². The van der Waals surface area contributed by atoms with Crippen molar-refractivity contribution < 1.29 is 0 Å². The Labute approximate surface area is 320 Å². The van der Waals surface area contributed by atoms with Crippen LogP contribution in [-0.2, 0) is 6.42 Å². The van der Waals surface area contributed by atoms with E-state index in [4.69, 9.17) is 0 Å². The summed E-state index contributed by atoms with van der Waals surface area (Å²) in [7, 11) is 0. The molecule has 256 valence electrons. The zero-order valence-electron chi connectivity index (χ0n) is 30.2. The lowest BCUT2D eigenvalue weighted by Crippen LogP contribution is -1.98. The minimum absolute atomic E-state index is 0.252. The van der Waals surface area contributed by atoms with Gasteiger partial charge in [0.15, 0.2) is 0 Å². The van der Waals surface area contributed by atoms with Gasteiger partial charge in [-0.05, 0) is 114 Å². The second kappa shape index (κ2) is 11.8. The Bertz CT molecular complexity index is 3180. The largest absolute Gasteiger partial charge is 0.309 e. The lowest BCUT2D eigenvalue weighted by Gasteiger charge is -2.17. The van der Waals surface area contributed by atoms with Crippen LogP contribution in [0.5, 0.6) is 0 Å². The van der Waals surface area contributed by atoms with Gasteiger partial charge in [0, 0.05) is 22.1 Å². The number of aromatic nitrogens is 1. The molecule has 12 rings (SSSR count). The highest BCUT2D eigenvalue weighted by Crippen LogP contribution is 2.50. The number of hydrogen-bond donors (Lipinski definition) is 0. The van der Waals surface area contributed by atoms with Crippen LogP contribution >= 0.6 is 0 Å². The number of para-hydroxylation sites is 1. The standard InChI is InChI=1S/C54H35N/c1-2-13-34(14-3-1)53-45-22-9-7-19-41(45)48-32-35(25-27-47(48)53)36-26-29-52-49(33-36)44-21-10-11-24-50(44)55(52)51-30-28-42(40-18-6-8-20-43(40)51)46-23-12-16-38-31-37-15-4-5-17-39(37)54(38)46/h1-30,32-33,53H,31H2. The first kappa shape index (κ1) is 30.5. The predicted molar refractivity (Wildman–Crippen MR) is 230 cm³/mol. The second-order valence-electron chi connectivity index (χ2n) is 15.2. The molecule has 10 aromatic rings. The first-order valence-electron chi connectivity index (χ1n) is 19.3. The normalized spacial score (nSPS) is 13.9. The molecule has 55 heavy (non-hydrogen) atoms. The number of hydrogen-bond acceptors (Lipinski definition) is 0. The van der Waals surface area contributed by atoms with E-state index in [2.05, 4.69) is 199 Å². The van der Waals surface area contributed by atoms with E-state index in [0.717, 1.165) is 6.42 Å². The van der Waals surface area contributed by atoms with Gasteiger partial charge in [-0.25, -0.2) is 0 Å². The van der Waals surface area contributed by atoms with E-state index in [-0.39, 0.29) is 5.92 Å². The Hall–Kier alpha value is -6.96. The molecule has 0 amide bonds. The summed E-state index contributed by atoms with van der Waals surface area (Å²) in [6.45, 7) is 0. The molecule has 2 aliphatic carbocycles. The topological polar surface area (TPSA) is 4.93 Å². The molecule has 0 saturated carbocycles. The molecule has 0 N–H and O–H groups in total. The molecule has 9 aromatic carbocycles. The molecule has 0 spiro atoms. The van der Waals surface area contributed by atoms with E-state index in [1.165, 1.54) is 111 Å². The molecule has 1 heteroatoms. The van der Waals surface area contributed by atoms with Gasteiger partial charge in [0.25, 0.3) is 0 Å². The summed E-state index contributed by atoms with van der Waals surface area (Å²) < 4.78 is 2.48. The van der Waals surface area contributed by atoms with Crippen LogP contribution in [0.25, 0.3) is 82.8 Å². The fourth-order valence-corrected chi connectivity index (χ4v) is 9.93. The van der Waals surface area contributed by atoms with E-state index in [1.807, 2.05) is 0 Å². The van der Waals surface area contributed by atoms with E-state index < -0.39 is 0 Å². The molecule has 0 saturated heterocycles. The monoisotopic (exact) mass is 697 g/mol. The highest BCUT2D eigenvalue weighted by molar-refractivity contribution is 6.13. The Balaban J connectivity index is 1.02. The van der Waals surface area contributed by atoms with E-state index in [1.54, 1.807) is 0 Å². The molecule has 0 radical (unpaired) electrons. The number of nitrogens with zero attached hydrogens (tertiary/aromatic N) is 1. The molecular weight excluding hydrogens is 663 g/mol. The molecule has 1 atom stereocenters. The van der Waals surface area contributed by atoms with Crippen molar-refractivity contribution in [3.63, 3.8) is 0 Å². The third-order valence-corrected chi connectivity index (χ3v) is 12.3. The van der Waals surface area contributed by atoms with Crippen LogP contribution in [0.3, 0.4) is 0 Å². The fourth-order valence-electron chi connectivity index (χ4n) is 9.93. The Morgan fingerprint density at radius 3 is 1.93 bits per heavy atom. The fraction of sp³-hybridized carbons (Fsp3) is 0.0370. The van der Waals surface area contributed by atoms with Crippen molar-refractivity contribution in [2.75, 3.05) is 0 Å². The van der Waals surface area contributed by atoms with Crippen molar-refractivity contribution in [2.45, 2.75) is 12.3 Å². The van der Waals surface area contributed by atoms with Gasteiger partial charge in [0.05, 0.1) is 16.7 Å². The third kappa shape index (κ3) is 4.47. The first-order valence-corrected chi connectivity index (χ1v) is 19.3. The van der Waals surface area contributed by atoms with Gasteiger partial charge in [-0.1, -0.05) is 164 Å². The van der Waals surface area contributed by atoms with Gasteiger partial charge in [0.1, 0.15) is 0 Å². The molecule has 1 heterocycles. The van der Waals surface area contributed by atoms with E-state index in [9.17, 15) is 0 Å². The zero-order chi connectivity index (χ0) is 36.0. The molecule has 1 nitrogen and oxygen atoms in total. The van der Waals surface area contributed by atoms with Crippen molar-refractivity contribution in [1.82, 2.24) is 4.57 Å². The SMILES string of the molecule is c1ccc(C2c3ccccc3-c3cc(-c4ccc5c(c4)c4ccccc4n5-c4ccc(-c5cccc6c5-c5ccccc5C6)c5ccccc45)ccc32)cc1. The smallest absolute Gasteiger partial charge is 0.0541 e. The summed E-state index contributed by atoms with van der Waals surface area (Å²) >= 11 is 0. The molecule has 0 bridgehead atoms. The van der Waals surface area contributed by atoms with Gasteiger partial charge in [0.2, 0.25) is 0 Å². The minimum Gasteiger partial charge on any atom is -0.309 e. The van der Waals surface area contributed by atoms with Crippen LogP contribution in [0.4, 0.5) is 0 Å². The average Bonchev–Trinajstić information content (AvgIpc) is 3.91. The Morgan fingerprint density at radius 2 is 1.02 bits per heavy atom. The van der Waals surface area contributed by atoms with Crippen LogP contribution in [0.15, 0.2) is 194 Å². The summed E-state index contributed by atoms with van der Waals surface area (Å²) in [5, 5.41) is 5.05. The molecule has 0 fully saturated rings. The van der Waals surface area contributed by atoms with Crippen LogP contribution in [0.2, 0.25) is 0 Å². The van der Waals surface area contributed by atoms with Gasteiger partial charge >= 0.3 is 0 Å². The Morgan fingerprint density at radius 1 is 0.364 bits per heavy atom. The van der Waals surface area contributed by atoms with Crippen molar-refractivity contribution in [3.05, 3.63) is 222 Å². The summed E-state index contributed by atoms with van der Waals surface area (Å²) in [6, 6.07) is 72.3. The summed E-state index contributed by atoms with van der Waals surface area (Å²) in [4.78, 5) is 0. The van der Waals surface area contributed by atoms with Crippen molar-refractivity contribution in [3.8, 4) is 50.2 Å².